The number of hydrogen-bond acceptors (Lipinski definition) is 3. The van der Waals surface area contributed by atoms with Gasteiger partial charge in [0.1, 0.15) is 6.10 Å². The highest BCUT2D eigenvalue weighted by Crippen LogP contribution is 2.24. The van der Waals surface area contributed by atoms with Crippen molar-refractivity contribution in [2.45, 2.75) is 32.0 Å². The van der Waals surface area contributed by atoms with E-state index in [0.717, 1.165) is 5.56 Å². The van der Waals surface area contributed by atoms with Crippen molar-refractivity contribution < 1.29 is 9.53 Å². The van der Waals surface area contributed by atoms with Gasteiger partial charge in [-0.1, -0.05) is 30.3 Å². The van der Waals surface area contributed by atoms with E-state index in [-0.39, 0.29) is 30.5 Å². The van der Waals surface area contributed by atoms with Crippen molar-refractivity contribution in [3.63, 3.8) is 0 Å². The number of benzene rings is 1. The third-order valence-electron chi connectivity index (χ3n) is 3.28. The van der Waals surface area contributed by atoms with E-state index in [1.54, 1.807) is 6.92 Å². The second-order valence-electron chi connectivity index (χ2n) is 4.86. The zero-order valence-electron chi connectivity index (χ0n) is 11.3. The molecule has 0 aromatic heterocycles. The number of ether oxygens (including phenoxy) is 1. The first kappa shape index (κ1) is 16.0. The Morgan fingerprint density at radius 3 is 2.63 bits per heavy atom. The van der Waals surface area contributed by atoms with Crippen molar-refractivity contribution in [3.05, 3.63) is 35.9 Å². The number of nitrogens with two attached hydrogens (primary N) is 1. The molecule has 19 heavy (non-hydrogen) atoms. The van der Waals surface area contributed by atoms with Crippen LogP contribution in [0.1, 0.15) is 25.5 Å². The predicted octanol–water partition coefficient (Wildman–Crippen LogP) is 1.74. The van der Waals surface area contributed by atoms with Crippen molar-refractivity contribution in [2.75, 3.05) is 13.2 Å². The summed E-state index contributed by atoms with van der Waals surface area (Å²) in [6, 6.07) is 9.61. The number of nitrogens with zero attached hydrogens (tertiary/aromatic N) is 1. The number of hydrogen-bond donors (Lipinski definition) is 1. The molecular formula is C14H21ClN2O2. The van der Waals surface area contributed by atoms with Gasteiger partial charge in [-0.25, -0.2) is 0 Å². The molecule has 1 amide bonds. The van der Waals surface area contributed by atoms with Crippen LogP contribution in [0.4, 0.5) is 0 Å². The summed E-state index contributed by atoms with van der Waals surface area (Å²) in [5, 5.41) is 0. The van der Waals surface area contributed by atoms with Crippen LogP contribution in [0, 0.1) is 0 Å². The molecule has 2 rings (SSSR count). The van der Waals surface area contributed by atoms with Crippen LogP contribution < -0.4 is 5.73 Å². The molecule has 2 unspecified atom stereocenters. The zero-order valence-corrected chi connectivity index (χ0v) is 12.1. The van der Waals surface area contributed by atoms with Crippen LogP contribution in [0.25, 0.3) is 0 Å². The van der Waals surface area contributed by atoms with Crippen LogP contribution in [0.2, 0.25) is 0 Å². The molecule has 1 aliphatic rings. The van der Waals surface area contributed by atoms with Gasteiger partial charge in [-0.3, -0.25) is 4.79 Å². The number of carbonyl (C=O) groups is 1. The van der Waals surface area contributed by atoms with Crippen LogP contribution >= 0.6 is 12.4 Å². The SMILES string of the molecule is CC1COC(c2ccccc2)CN1C(=O)[C@@H](C)N.Cl. The van der Waals surface area contributed by atoms with Crippen LogP contribution in [-0.2, 0) is 9.53 Å². The van der Waals surface area contributed by atoms with E-state index in [1.807, 2.05) is 42.2 Å². The second kappa shape index (κ2) is 6.89. The Hall–Kier alpha value is -1.10. The van der Waals surface area contributed by atoms with Crippen molar-refractivity contribution in [2.24, 2.45) is 5.73 Å². The van der Waals surface area contributed by atoms with Gasteiger partial charge >= 0.3 is 0 Å². The van der Waals surface area contributed by atoms with Crippen molar-refractivity contribution in [1.82, 2.24) is 4.90 Å². The number of amides is 1. The van der Waals surface area contributed by atoms with E-state index in [0.29, 0.717) is 13.2 Å². The van der Waals surface area contributed by atoms with Gasteiger partial charge in [-0.05, 0) is 19.4 Å². The highest BCUT2D eigenvalue weighted by Gasteiger charge is 2.31. The lowest BCUT2D eigenvalue weighted by atomic mass is 10.1. The van der Waals surface area contributed by atoms with Crippen molar-refractivity contribution in [1.29, 1.82) is 0 Å². The lowest BCUT2D eigenvalue weighted by molar-refractivity contribution is -0.145. The topological polar surface area (TPSA) is 55.6 Å². The molecule has 2 N–H and O–H groups in total. The summed E-state index contributed by atoms with van der Waals surface area (Å²) in [6.45, 7) is 4.84. The summed E-state index contributed by atoms with van der Waals surface area (Å²) < 4.78 is 5.80. The van der Waals surface area contributed by atoms with E-state index < -0.39 is 6.04 Å². The van der Waals surface area contributed by atoms with Gasteiger partial charge in [0.15, 0.2) is 0 Å². The summed E-state index contributed by atoms with van der Waals surface area (Å²) in [7, 11) is 0. The van der Waals surface area contributed by atoms with E-state index in [2.05, 4.69) is 0 Å². The Balaban J connectivity index is 0.00000180. The van der Waals surface area contributed by atoms with E-state index in [9.17, 15) is 4.79 Å². The molecule has 1 aromatic rings. The number of morpholine rings is 1. The monoisotopic (exact) mass is 284 g/mol. The predicted molar refractivity (Wildman–Crippen MR) is 77.2 cm³/mol. The molecule has 1 fully saturated rings. The average Bonchev–Trinajstić information content (AvgIpc) is 2.39. The Bertz CT molecular complexity index is 411. The molecule has 0 radical (unpaired) electrons. The quantitative estimate of drug-likeness (QED) is 0.900. The van der Waals surface area contributed by atoms with E-state index >= 15 is 0 Å². The van der Waals surface area contributed by atoms with Gasteiger partial charge in [0.05, 0.1) is 25.2 Å². The summed E-state index contributed by atoms with van der Waals surface area (Å²) in [4.78, 5) is 13.9. The Morgan fingerprint density at radius 2 is 2.05 bits per heavy atom. The standard InChI is InChI=1S/C14H20N2O2.ClH/c1-10-9-18-13(12-6-4-3-5-7-12)8-16(10)14(17)11(2)15;/h3-7,10-11,13H,8-9,15H2,1-2H3;1H/t10?,11-,13?;/m1./s1. The number of halogens is 1. The fourth-order valence-electron chi connectivity index (χ4n) is 2.19. The minimum absolute atomic E-state index is 0. The molecule has 0 spiro atoms. The summed E-state index contributed by atoms with van der Waals surface area (Å²) >= 11 is 0. The van der Waals surface area contributed by atoms with Gasteiger partial charge < -0.3 is 15.4 Å². The zero-order chi connectivity index (χ0) is 13.1. The molecule has 3 atom stereocenters. The van der Waals surface area contributed by atoms with Crippen LogP contribution in [-0.4, -0.2) is 36.0 Å². The molecule has 1 heterocycles. The highest BCUT2D eigenvalue weighted by atomic mass is 35.5. The molecule has 1 aliphatic heterocycles. The normalized spacial score (nSPS) is 24.5. The second-order valence-corrected chi connectivity index (χ2v) is 4.86. The van der Waals surface area contributed by atoms with Crippen molar-refractivity contribution in [3.8, 4) is 0 Å². The largest absolute Gasteiger partial charge is 0.370 e. The molecule has 0 bridgehead atoms. The van der Waals surface area contributed by atoms with Gasteiger partial charge in [0.2, 0.25) is 5.91 Å². The smallest absolute Gasteiger partial charge is 0.239 e. The van der Waals surface area contributed by atoms with Crippen LogP contribution in [0.5, 0.6) is 0 Å². The van der Waals surface area contributed by atoms with Gasteiger partial charge in [-0.15, -0.1) is 12.4 Å². The van der Waals surface area contributed by atoms with Gasteiger partial charge in [0.25, 0.3) is 0 Å². The molecule has 106 valence electrons. The first-order valence-corrected chi connectivity index (χ1v) is 6.32. The number of rotatable bonds is 2. The first-order valence-electron chi connectivity index (χ1n) is 6.32. The Kier molecular flexibility index (Phi) is 5.79. The minimum atomic E-state index is -0.457. The molecule has 1 saturated heterocycles. The van der Waals surface area contributed by atoms with Gasteiger partial charge in [0, 0.05) is 0 Å². The maximum absolute atomic E-state index is 12.0. The molecule has 4 nitrogen and oxygen atoms in total. The number of carbonyl (C=O) groups excluding carboxylic acids is 1. The molecule has 1 aromatic carbocycles. The summed E-state index contributed by atoms with van der Waals surface area (Å²) in [5.74, 6) is -0.00766. The molecule has 5 heteroatoms. The lowest BCUT2D eigenvalue weighted by Gasteiger charge is -2.39. The fourth-order valence-corrected chi connectivity index (χ4v) is 2.19. The van der Waals surface area contributed by atoms with Gasteiger partial charge in [-0.2, -0.15) is 0 Å². The van der Waals surface area contributed by atoms with E-state index in [4.69, 9.17) is 10.5 Å². The highest BCUT2D eigenvalue weighted by molar-refractivity contribution is 5.85. The Labute approximate surface area is 120 Å². The first-order chi connectivity index (χ1) is 8.59. The molecular weight excluding hydrogens is 264 g/mol. The van der Waals surface area contributed by atoms with E-state index in [1.165, 1.54) is 0 Å². The minimum Gasteiger partial charge on any atom is -0.370 e. The third kappa shape index (κ3) is 3.69. The molecule has 0 saturated carbocycles. The average molecular weight is 285 g/mol. The Morgan fingerprint density at radius 1 is 1.42 bits per heavy atom. The maximum Gasteiger partial charge on any atom is 0.239 e. The van der Waals surface area contributed by atoms with Crippen LogP contribution in [0.15, 0.2) is 30.3 Å². The summed E-state index contributed by atoms with van der Waals surface area (Å²) in [5.41, 5.74) is 6.78. The fraction of sp³-hybridized carbons (Fsp3) is 0.500. The maximum atomic E-state index is 12.0. The molecule has 0 aliphatic carbocycles. The van der Waals surface area contributed by atoms with Crippen molar-refractivity contribution >= 4 is 18.3 Å². The third-order valence-corrected chi connectivity index (χ3v) is 3.28. The van der Waals surface area contributed by atoms with Crippen LogP contribution in [0.3, 0.4) is 0 Å². The lowest BCUT2D eigenvalue weighted by Crippen LogP contribution is -2.52. The summed E-state index contributed by atoms with van der Waals surface area (Å²) in [6.07, 6.45) is -0.0508.